The lowest BCUT2D eigenvalue weighted by molar-refractivity contribution is 0.400. The smallest absolute Gasteiger partial charge is 0.223 e. The number of pyridine rings is 1. The normalized spacial score (nSPS) is 11.3. The van der Waals surface area contributed by atoms with Crippen LogP contribution in [0.2, 0.25) is 0 Å². The molecule has 0 aliphatic rings. The second kappa shape index (κ2) is 6.42. The van der Waals surface area contributed by atoms with E-state index in [1.807, 2.05) is 54.4 Å². The Morgan fingerprint density at radius 1 is 1.11 bits per heavy atom. The van der Waals surface area contributed by atoms with Crippen LogP contribution in [0.4, 0.5) is 5.95 Å². The standard InChI is InChI=1S/C20H22N6O/c1-12-17(13(2)25(3)24-12)15-10-16-18(23-19(15)27-4)26(20(21)22-16)11-14-8-6-5-7-9-14/h5-10H,11H2,1-4H3,(H2,21,22). The van der Waals surface area contributed by atoms with Gasteiger partial charge in [-0.3, -0.25) is 9.25 Å². The van der Waals surface area contributed by atoms with Crippen LogP contribution < -0.4 is 10.5 Å². The fraction of sp³-hybridized carbons (Fsp3) is 0.250. The number of nitrogens with zero attached hydrogens (tertiary/aromatic N) is 5. The van der Waals surface area contributed by atoms with Gasteiger partial charge in [0, 0.05) is 23.9 Å². The molecule has 27 heavy (non-hydrogen) atoms. The lowest BCUT2D eigenvalue weighted by Gasteiger charge is -2.10. The molecule has 7 heteroatoms. The second-order valence-corrected chi connectivity index (χ2v) is 6.60. The second-order valence-electron chi connectivity index (χ2n) is 6.60. The lowest BCUT2D eigenvalue weighted by Crippen LogP contribution is -2.05. The minimum atomic E-state index is 0.431. The van der Waals surface area contributed by atoms with E-state index in [0.717, 1.165) is 33.6 Å². The average molecular weight is 362 g/mol. The third-order valence-corrected chi connectivity index (χ3v) is 4.87. The molecule has 0 saturated carbocycles. The quantitative estimate of drug-likeness (QED) is 0.603. The molecule has 2 N–H and O–H groups in total. The van der Waals surface area contributed by atoms with Crippen molar-refractivity contribution < 1.29 is 4.74 Å². The SMILES string of the molecule is COc1nc2c(cc1-c1c(C)nn(C)c1C)nc(N)n2Cc1ccccc1. The van der Waals surface area contributed by atoms with Crippen molar-refractivity contribution in [3.8, 4) is 17.0 Å². The molecule has 7 nitrogen and oxygen atoms in total. The predicted molar refractivity (Wildman–Crippen MR) is 106 cm³/mol. The highest BCUT2D eigenvalue weighted by atomic mass is 16.5. The van der Waals surface area contributed by atoms with Gasteiger partial charge in [-0.15, -0.1) is 0 Å². The van der Waals surface area contributed by atoms with Gasteiger partial charge in [0.25, 0.3) is 0 Å². The van der Waals surface area contributed by atoms with Crippen molar-refractivity contribution >= 4 is 17.1 Å². The summed E-state index contributed by atoms with van der Waals surface area (Å²) in [6, 6.07) is 12.1. The van der Waals surface area contributed by atoms with Crippen LogP contribution in [-0.4, -0.2) is 31.4 Å². The fourth-order valence-electron chi connectivity index (χ4n) is 3.47. The first-order valence-electron chi connectivity index (χ1n) is 8.74. The maximum Gasteiger partial charge on any atom is 0.223 e. The molecule has 138 valence electrons. The van der Waals surface area contributed by atoms with E-state index in [-0.39, 0.29) is 0 Å². The third-order valence-electron chi connectivity index (χ3n) is 4.87. The first-order chi connectivity index (χ1) is 13.0. The highest BCUT2D eigenvalue weighted by Crippen LogP contribution is 2.35. The topological polar surface area (TPSA) is 83.8 Å². The van der Waals surface area contributed by atoms with E-state index in [0.29, 0.717) is 24.0 Å². The van der Waals surface area contributed by atoms with Crippen LogP contribution in [0.25, 0.3) is 22.3 Å². The maximum absolute atomic E-state index is 6.20. The van der Waals surface area contributed by atoms with Crippen LogP contribution in [0.3, 0.4) is 0 Å². The number of hydrogen-bond acceptors (Lipinski definition) is 5. The summed E-state index contributed by atoms with van der Waals surface area (Å²) in [4.78, 5) is 9.27. The van der Waals surface area contributed by atoms with E-state index in [1.54, 1.807) is 7.11 Å². The summed E-state index contributed by atoms with van der Waals surface area (Å²) in [6.45, 7) is 4.61. The molecular formula is C20H22N6O. The zero-order valence-corrected chi connectivity index (χ0v) is 15.9. The minimum absolute atomic E-state index is 0.431. The summed E-state index contributed by atoms with van der Waals surface area (Å²) >= 11 is 0. The van der Waals surface area contributed by atoms with E-state index < -0.39 is 0 Å². The number of benzene rings is 1. The molecule has 0 spiro atoms. The molecule has 3 heterocycles. The van der Waals surface area contributed by atoms with E-state index >= 15 is 0 Å². The molecule has 0 bridgehead atoms. The fourth-order valence-corrected chi connectivity index (χ4v) is 3.47. The van der Waals surface area contributed by atoms with Gasteiger partial charge in [-0.25, -0.2) is 4.98 Å². The Hall–Kier alpha value is -3.35. The van der Waals surface area contributed by atoms with Crippen molar-refractivity contribution in [2.45, 2.75) is 20.4 Å². The number of aryl methyl sites for hydroxylation is 2. The summed E-state index contributed by atoms with van der Waals surface area (Å²) in [7, 11) is 3.55. The zero-order valence-electron chi connectivity index (χ0n) is 15.9. The molecule has 0 radical (unpaired) electrons. The molecule has 1 aromatic carbocycles. The van der Waals surface area contributed by atoms with Crippen LogP contribution in [0.1, 0.15) is 17.0 Å². The molecule has 4 rings (SSSR count). The molecule has 3 aromatic heterocycles. The van der Waals surface area contributed by atoms with Gasteiger partial charge in [-0.2, -0.15) is 10.1 Å². The molecule has 0 unspecified atom stereocenters. The van der Waals surface area contributed by atoms with Crippen LogP contribution in [0.15, 0.2) is 36.4 Å². The third kappa shape index (κ3) is 2.81. The lowest BCUT2D eigenvalue weighted by atomic mass is 10.0. The Kier molecular flexibility index (Phi) is 4.07. The summed E-state index contributed by atoms with van der Waals surface area (Å²) in [5.41, 5.74) is 12.6. The molecular weight excluding hydrogens is 340 g/mol. The number of aromatic nitrogens is 5. The molecule has 0 fully saturated rings. The Labute approximate surface area is 157 Å². The zero-order chi connectivity index (χ0) is 19.1. The first-order valence-corrected chi connectivity index (χ1v) is 8.74. The highest BCUT2D eigenvalue weighted by molar-refractivity contribution is 5.85. The van der Waals surface area contributed by atoms with Gasteiger partial charge in [-0.1, -0.05) is 30.3 Å². The predicted octanol–water partition coefficient (Wildman–Crippen LogP) is 3.09. The largest absolute Gasteiger partial charge is 0.480 e. The van der Waals surface area contributed by atoms with E-state index in [1.165, 1.54) is 0 Å². The maximum atomic E-state index is 6.20. The molecule has 0 saturated heterocycles. The molecule has 0 aliphatic heterocycles. The number of ether oxygens (including phenoxy) is 1. The number of nitrogen functional groups attached to an aromatic ring is 1. The average Bonchev–Trinajstić information content (AvgIpc) is 3.09. The Morgan fingerprint density at radius 3 is 2.48 bits per heavy atom. The van der Waals surface area contributed by atoms with Crippen LogP contribution >= 0.6 is 0 Å². The minimum Gasteiger partial charge on any atom is -0.480 e. The Morgan fingerprint density at radius 2 is 1.85 bits per heavy atom. The monoisotopic (exact) mass is 362 g/mol. The van der Waals surface area contributed by atoms with Crippen molar-refractivity contribution in [2.24, 2.45) is 7.05 Å². The first kappa shape index (κ1) is 17.1. The van der Waals surface area contributed by atoms with Gasteiger partial charge in [0.1, 0.15) is 5.52 Å². The summed E-state index contributed by atoms with van der Waals surface area (Å²) in [5.74, 6) is 0.969. The van der Waals surface area contributed by atoms with E-state index in [4.69, 9.17) is 15.5 Å². The molecule has 0 amide bonds. The van der Waals surface area contributed by atoms with Crippen LogP contribution in [0, 0.1) is 13.8 Å². The van der Waals surface area contributed by atoms with Crippen molar-refractivity contribution in [3.05, 3.63) is 53.3 Å². The van der Waals surface area contributed by atoms with Crippen molar-refractivity contribution in [1.82, 2.24) is 24.3 Å². The summed E-state index contributed by atoms with van der Waals surface area (Å²) < 4.78 is 9.37. The van der Waals surface area contributed by atoms with E-state index in [2.05, 4.69) is 22.2 Å². The number of rotatable bonds is 4. The number of hydrogen-bond donors (Lipinski definition) is 1. The number of methoxy groups -OCH3 is 1. The van der Waals surface area contributed by atoms with Crippen molar-refractivity contribution in [3.63, 3.8) is 0 Å². The Bertz CT molecular complexity index is 1130. The van der Waals surface area contributed by atoms with Gasteiger partial charge >= 0.3 is 0 Å². The van der Waals surface area contributed by atoms with Crippen molar-refractivity contribution in [2.75, 3.05) is 12.8 Å². The van der Waals surface area contributed by atoms with Gasteiger partial charge in [0.15, 0.2) is 5.65 Å². The number of anilines is 1. The number of nitrogens with two attached hydrogens (primary N) is 1. The van der Waals surface area contributed by atoms with Gasteiger partial charge < -0.3 is 10.5 Å². The van der Waals surface area contributed by atoms with Gasteiger partial charge in [0.2, 0.25) is 11.8 Å². The van der Waals surface area contributed by atoms with Crippen LogP contribution in [-0.2, 0) is 13.6 Å². The molecule has 0 aliphatic carbocycles. The Balaban J connectivity index is 1.90. The van der Waals surface area contributed by atoms with Gasteiger partial charge in [-0.05, 0) is 25.5 Å². The summed E-state index contributed by atoms with van der Waals surface area (Å²) in [5, 5.41) is 4.50. The molecule has 4 aromatic rings. The van der Waals surface area contributed by atoms with Crippen LogP contribution in [0.5, 0.6) is 5.88 Å². The molecule has 0 atom stereocenters. The number of imidazole rings is 1. The summed E-state index contributed by atoms with van der Waals surface area (Å²) in [6.07, 6.45) is 0. The van der Waals surface area contributed by atoms with E-state index in [9.17, 15) is 0 Å². The van der Waals surface area contributed by atoms with Crippen molar-refractivity contribution in [1.29, 1.82) is 0 Å². The highest BCUT2D eigenvalue weighted by Gasteiger charge is 2.20. The number of fused-ring (bicyclic) bond motifs is 1. The van der Waals surface area contributed by atoms with Gasteiger partial charge in [0.05, 0.1) is 19.3 Å².